The Labute approximate surface area is 135 Å². The fourth-order valence-corrected chi connectivity index (χ4v) is 3.62. The van der Waals surface area contributed by atoms with Crippen LogP contribution in [0.1, 0.15) is 0 Å². The number of hydrogen-bond donors (Lipinski definition) is 1. The molecule has 0 amide bonds. The molecule has 108 valence electrons. The molecule has 0 atom stereocenters. The Morgan fingerprint density at radius 2 is 2.19 bits per heavy atom. The fraction of sp³-hybridized carbons (Fsp3) is 0.154. The first-order chi connectivity index (χ1) is 10.3. The number of aromatic nitrogens is 4. The zero-order valence-electron chi connectivity index (χ0n) is 10.9. The van der Waals surface area contributed by atoms with Crippen LogP contribution in [-0.2, 0) is 6.54 Å². The van der Waals surface area contributed by atoms with E-state index < -0.39 is 0 Å². The molecule has 0 aliphatic heterocycles. The first-order valence-electron chi connectivity index (χ1n) is 6.25. The number of benzene rings is 1. The molecule has 1 aromatic carbocycles. The molecule has 8 heteroatoms. The molecule has 0 saturated carbocycles. The molecule has 3 aromatic rings. The summed E-state index contributed by atoms with van der Waals surface area (Å²) in [7, 11) is 0. The van der Waals surface area contributed by atoms with Crippen LogP contribution in [0, 0.1) is 0 Å². The van der Waals surface area contributed by atoms with Crippen molar-refractivity contribution in [2.24, 2.45) is 0 Å². The minimum Gasteiger partial charge on any atom is -0.337 e. The Morgan fingerprint density at radius 3 is 3.00 bits per heavy atom. The molecule has 0 fully saturated rings. The highest BCUT2D eigenvalue weighted by Gasteiger charge is 2.06. The van der Waals surface area contributed by atoms with Crippen LogP contribution in [0.2, 0.25) is 5.02 Å². The number of para-hydroxylation sites is 1. The van der Waals surface area contributed by atoms with Crippen LogP contribution in [0.4, 0.5) is 10.8 Å². The first kappa shape index (κ1) is 14.4. The summed E-state index contributed by atoms with van der Waals surface area (Å²) in [5.74, 6) is 0.928. The Kier molecular flexibility index (Phi) is 4.74. The van der Waals surface area contributed by atoms with Gasteiger partial charge in [0.15, 0.2) is 4.34 Å². The van der Waals surface area contributed by atoms with Gasteiger partial charge in [0.25, 0.3) is 0 Å². The predicted molar refractivity (Wildman–Crippen MR) is 87.6 cm³/mol. The lowest BCUT2D eigenvalue weighted by molar-refractivity contribution is 0.770. The topological polar surface area (TPSA) is 55.6 Å². The van der Waals surface area contributed by atoms with E-state index >= 15 is 0 Å². The molecule has 2 aromatic heterocycles. The average Bonchev–Trinajstić information content (AvgIpc) is 3.14. The van der Waals surface area contributed by atoms with Gasteiger partial charge in [0, 0.05) is 24.7 Å². The van der Waals surface area contributed by atoms with E-state index in [2.05, 4.69) is 20.5 Å². The lowest BCUT2D eigenvalue weighted by Gasteiger charge is -2.03. The molecule has 1 N–H and O–H groups in total. The van der Waals surface area contributed by atoms with E-state index in [0.29, 0.717) is 5.02 Å². The van der Waals surface area contributed by atoms with Crippen molar-refractivity contribution in [2.75, 3.05) is 11.1 Å². The smallest absolute Gasteiger partial charge is 0.210 e. The summed E-state index contributed by atoms with van der Waals surface area (Å²) in [6.07, 6.45) is 5.54. The van der Waals surface area contributed by atoms with Gasteiger partial charge in [-0.25, -0.2) is 4.98 Å². The molecule has 0 spiro atoms. The zero-order chi connectivity index (χ0) is 14.5. The second-order valence-electron chi connectivity index (χ2n) is 4.13. The van der Waals surface area contributed by atoms with E-state index in [9.17, 15) is 0 Å². The van der Waals surface area contributed by atoms with Gasteiger partial charge < -0.3 is 9.88 Å². The van der Waals surface area contributed by atoms with Gasteiger partial charge in [0.2, 0.25) is 5.13 Å². The normalized spacial score (nSPS) is 10.7. The van der Waals surface area contributed by atoms with Crippen LogP contribution in [0.15, 0.2) is 47.3 Å². The molecule has 21 heavy (non-hydrogen) atoms. The molecule has 0 aliphatic carbocycles. The molecular formula is C13H12ClN5S2. The summed E-state index contributed by atoms with van der Waals surface area (Å²) in [5.41, 5.74) is 0.838. The summed E-state index contributed by atoms with van der Waals surface area (Å²) in [6, 6.07) is 7.57. The van der Waals surface area contributed by atoms with Crippen LogP contribution in [-0.4, -0.2) is 25.5 Å². The third-order valence-corrected chi connectivity index (χ3v) is 4.94. The van der Waals surface area contributed by atoms with E-state index in [1.165, 1.54) is 11.3 Å². The number of thioether (sulfide) groups is 1. The van der Waals surface area contributed by atoms with Crippen molar-refractivity contribution in [3.63, 3.8) is 0 Å². The highest BCUT2D eigenvalue weighted by molar-refractivity contribution is 8.01. The van der Waals surface area contributed by atoms with E-state index in [-0.39, 0.29) is 0 Å². The number of aryl methyl sites for hydroxylation is 1. The number of halogens is 1. The third kappa shape index (κ3) is 3.96. The summed E-state index contributed by atoms with van der Waals surface area (Å²) < 4.78 is 2.97. The lowest BCUT2D eigenvalue weighted by atomic mass is 10.3. The van der Waals surface area contributed by atoms with E-state index in [1.54, 1.807) is 18.0 Å². The van der Waals surface area contributed by atoms with Gasteiger partial charge >= 0.3 is 0 Å². The maximum atomic E-state index is 6.10. The van der Waals surface area contributed by atoms with E-state index in [1.807, 2.05) is 41.4 Å². The minimum absolute atomic E-state index is 0.669. The monoisotopic (exact) mass is 337 g/mol. The molecule has 5 nitrogen and oxygen atoms in total. The number of nitrogens with one attached hydrogen (secondary N) is 1. The molecule has 3 rings (SSSR count). The minimum atomic E-state index is 0.669. The molecule has 0 saturated heterocycles. The molecule has 0 radical (unpaired) electrons. The van der Waals surface area contributed by atoms with Crippen molar-refractivity contribution in [3.05, 3.63) is 48.0 Å². The quantitative estimate of drug-likeness (QED) is 0.691. The second kappa shape index (κ2) is 6.93. The van der Waals surface area contributed by atoms with Gasteiger partial charge in [0.05, 0.1) is 17.0 Å². The lowest BCUT2D eigenvalue weighted by Crippen LogP contribution is -1.96. The van der Waals surface area contributed by atoms with Crippen LogP contribution >= 0.6 is 34.7 Å². The largest absolute Gasteiger partial charge is 0.337 e. The Bertz CT molecular complexity index is 698. The van der Waals surface area contributed by atoms with Gasteiger partial charge in [0.1, 0.15) is 0 Å². The standard InChI is InChI=1S/C13H12ClN5S2/c14-10-3-1-2-4-11(10)16-12-17-18-13(21-12)20-8-7-19-6-5-15-9-19/h1-6,9H,7-8H2,(H,16,17). The van der Waals surface area contributed by atoms with Gasteiger partial charge in [-0.2, -0.15) is 0 Å². The van der Waals surface area contributed by atoms with Crippen molar-refractivity contribution < 1.29 is 0 Å². The van der Waals surface area contributed by atoms with E-state index in [0.717, 1.165) is 27.5 Å². The Balaban J connectivity index is 1.55. The number of anilines is 2. The third-order valence-electron chi connectivity index (χ3n) is 2.66. The van der Waals surface area contributed by atoms with Crippen LogP contribution in [0.3, 0.4) is 0 Å². The number of imidazole rings is 1. The molecular weight excluding hydrogens is 326 g/mol. The Hall–Kier alpha value is -1.57. The number of rotatable bonds is 6. The van der Waals surface area contributed by atoms with Crippen LogP contribution in [0.25, 0.3) is 0 Å². The summed E-state index contributed by atoms with van der Waals surface area (Å²) >= 11 is 9.30. The molecule has 0 unspecified atom stereocenters. The summed E-state index contributed by atoms with van der Waals surface area (Å²) in [4.78, 5) is 4.01. The van der Waals surface area contributed by atoms with Crippen molar-refractivity contribution in [2.45, 2.75) is 10.9 Å². The summed E-state index contributed by atoms with van der Waals surface area (Å²) in [5, 5.41) is 12.9. The molecule has 0 aliphatic rings. The first-order valence-corrected chi connectivity index (χ1v) is 8.43. The highest BCUT2D eigenvalue weighted by Crippen LogP contribution is 2.30. The highest BCUT2D eigenvalue weighted by atomic mass is 35.5. The maximum Gasteiger partial charge on any atom is 0.210 e. The average molecular weight is 338 g/mol. The van der Waals surface area contributed by atoms with Gasteiger partial charge in [-0.05, 0) is 12.1 Å². The van der Waals surface area contributed by atoms with Crippen molar-refractivity contribution in [1.82, 2.24) is 19.7 Å². The number of nitrogens with zero attached hydrogens (tertiary/aromatic N) is 4. The van der Waals surface area contributed by atoms with Crippen LogP contribution in [0.5, 0.6) is 0 Å². The van der Waals surface area contributed by atoms with Gasteiger partial charge in [-0.1, -0.05) is 46.8 Å². The maximum absolute atomic E-state index is 6.10. The van der Waals surface area contributed by atoms with E-state index in [4.69, 9.17) is 11.6 Å². The molecule has 0 bridgehead atoms. The summed E-state index contributed by atoms with van der Waals surface area (Å²) in [6.45, 7) is 0.900. The van der Waals surface area contributed by atoms with Gasteiger partial charge in [-0.15, -0.1) is 10.2 Å². The molecule has 2 heterocycles. The van der Waals surface area contributed by atoms with Crippen LogP contribution < -0.4 is 5.32 Å². The van der Waals surface area contributed by atoms with Crippen molar-refractivity contribution in [3.8, 4) is 0 Å². The number of hydrogen-bond acceptors (Lipinski definition) is 6. The second-order valence-corrected chi connectivity index (χ2v) is 6.85. The van der Waals surface area contributed by atoms with Crippen molar-refractivity contribution in [1.29, 1.82) is 0 Å². The zero-order valence-corrected chi connectivity index (χ0v) is 13.3. The Morgan fingerprint density at radius 1 is 1.29 bits per heavy atom. The SMILES string of the molecule is Clc1ccccc1Nc1nnc(SCCn2ccnc2)s1. The van der Waals surface area contributed by atoms with Crippen molar-refractivity contribution >= 4 is 45.5 Å². The van der Waals surface area contributed by atoms with Gasteiger partial charge in [-0.3, -0.25) is 0 Å². The predicted octanol–water partition coefficient (Wildman–Crippen LogP) is 3.92. The fourth-order valence-electron chi connectivity index (χ4n) is 1.65.